The van der Waals surface area contributed by atoms with Crippen molar-refractivity contribution in [3.05, 3.63) is 0 Å². The molecule has 4 heteroatoms. The molecule has 0 radical (unpaired) electrons. The molecule has 0 aromatic rings. The van der Waals surface area contributed by atoms with Gasteiger partial charge in [-0.05, 0) is 19.3 Å². The molecule has 1 aliphatic carbocycles. The van der Waals surface area contributed by atoms with Crippen LogP contribution in [0.15, 0.2) is 0 Å². The molecule has 0 aromatic carbocycles. The molecule has 16 heavy (non-hydrogen) atoms. The van der Waals surface area contributed by atoms with Gasteiger partial charge in [0.2, 0.25) is 5.91 Å². The van der Waals surface area contributed by atoms with Gasteiger partial charge in [0.05, 0.1) is 5.92 Å². The maximum Gasteiger partial charge on any atom is 0.308 e. The molecule has 0 heterocycles. The predicted octanol–water partition coefficient (Wildman–Crippen LogP) is 1.79. The topological polar surface area (TPSA) is 66.4 Å². The van der Waals surface area contributed by atoms with Gasteiger partial charge in [-0.2, -0.15) is 0 Å². The first-order chi connectivity index (χ1) is 7.56. The van der Waals surface area contributed by atoms with Gasteiger partial charge in [0.1, 0.15) is 0 Å². The van der Waals surface area contributed by atoms with Gasteiger partial charge in [0.25, 0.3) is 0 Å². The van der Waals surface area contributed by atoms with Crippen molar-refractivity contribution < 1.29 is 14.7 Å². The molecule has 1 aliphatic rings. The zero-order valence-corrected chi connectivity index (χ0v) is 10.0. The Labute approximate surface area is 96.4 Å². The molecule has 1 rings (SSSR count). The van der Waals surface area contributed by atoms with E-state index in [1.807, 2.05) is 13.8 Å². The summed E-state index contributed by atoms with van der Waals surface area (Å²) < 4.78 is 0. The molecule has 0 aromatic heterocycles. The summed E-state index contributed by atoms with van der Waals surface area (Å²) in [6.45, 7) is 3.93. The van der Waals surface area contributed by atoms with Gasteiger partial charge in [-0.25, -0.2) is 0 Å². The number of carbonyl (C=O) groups excluding carboxylic acids is 1. The highest BCUT2D eigenvalue weighted by Gasteiger charge is 2.34. The third-order valence-electron chi connectivity index (χ3n) is 3.33. The van der Waals surface area contributed by atoms with E-state index < -0.39 is 11.9 Å². The highest BCUT2D eigenvalue weighted by molar-refractivity contribution is 5.80. The highest BCUT2D eigenvalue weighted by atomic mass is 16.4. The van der Waals surface area contributed by atoms with Gasteiger partial charge >= 0.3 is 5.97 Å². The minimum absolute atomic E-state index is 0. The van der Waals surface area contributed by atoms with Crippen molar-refractivity contribution >= 4 is 11.9 Å². The number of carboxylic acids is 1. The first-order valence-electron chi connectivity index (χ1n) is 6.09. The fraction of sp³-hybridized carbons (Fsp3) is 0.833. The lowest BCUT2D eigenvalue weighted by molar-refractivity contribution is -0.142. The van der Waals surface area contributed by atoms with Crippen LogP contribution in [0, 0.1) is 11.8 Å². The molecule has 0 bridgehead atoms. The fourth-order valence-electron chi connectivity index (χ4n) is 2.32. The lowest BCUT2D eigenvalue weighted by Gasteiger charge is -2.20. The van der Waals surface area contributed by atoms with Crippen LogP contribution in [-0.2, 0) is 9.59 Å². The van der Waals surface area contributed by atoms with Crippen LogP contribution < -0.4 is 5.32 Å². The van der Waals surface area contributed by atoms with Crippen LogP contribution in [0.1, 0.15) is 46.0 Å². The number of hydrogen-bond acceptors (Lipinski definition) is 2. The Hall–Kier alpha value is -1.06. The summed E-state index contributed by atoms with van der Waals surface area (Å²) in [7, 11) is 0. The molecule has 0 spiro atoms. The molecule has 2 N–H and O–H groups in total. The lowest BCUT2D eigenvalue weighted by atomic mass is 10.0. The molecule has 1 fully saturated rings. The monoisotopic (exact) mass is 227 g/mol. The van der Waals surface area contributed by atoms with Crippen LogP contribution in [0.4, 0.5) is 0 Å². The van der Waals surface area contributed by atoms with Crippen LogP contribution in [0.3, 0.4) is 0 Å². The Kier molecular flexibility index (Phi) is 4.77. The third-order valence-corrected chi connectivity index (χ3v) is 3.33. The van der Waals surface area contributed by atoms with Crippen LogP contribution in [0.5, 0.6) is 0 Å². The van der Waals surface area contributed by atoms with E-state index in [1.54, 1.807) is 0 Å². The molecule has 3 atom stereocenters. The van der Waals surface area contributed by atoms with E-state index in [4.69, 9.17) is 5.11 Å². The summed E-state index contributed by atoms with van der Waals surface area (Å²) in [5.41, 5.74) is 0. The quantitative estimate of drug-likeness (QED) is 0.752. The Bertz CT molecular complexity index is 265. The number of rotatable bonds is 5. The predicted molar refractivity (Wildman–Crippen MR) is 61.0 cm³/mol. The standard InChI is InChI=1S/C12H21NO3/c1-3-5-8(2)11(14)13-10-7-4-6-9(10)12(15)16/h8-10H,3-7H2,1-2H3,(H,13,14)(H,15,16). The number of carboxylic acid groups (broad SMARTS) is 1. The van der Waals surface area contributed by atoms with E-state index in [2.05, 4.69) is 5.32 Å². The lowest BCUT2D eigenvalue weighted by Crippen LogP contribution is -2.42. The van der Waals surface area contributed by atoms with Gasteiger partial charge in [-0.15, -0.1) is 0 Å². The summed E-state index contributed by atoms with van der Waals surface area (Å²) in [5, 5.41) is 11.9. The van der Waals surface area contributed by atoms with E-state index in [-0.39, 0.29) is 17.9 Å². The van der Waals surface area contributed by atoms with Crippen molar-refractivity contribution in [2.24, 2.45) is 11.8 Å². The van der Waals surface area contributed by atoms with Crippen LogP contribution >= 0.6 is 0 Å². The smallest absolute Gasteiger partial charge is 0.308 e. The summed E-state index contributed by atoms with van der Waals surface area (Å²) >= 11 is 0. The summed E-state index contributed by atoms with van der Waals surface area (Å²) in [6, 6.07) is -0.163. The molecule has 92 valence electrons. The Morgan fingerprint density at radius 3 is 2.69 bits per heavy atom. The van der Waals surface area contributed by atoms with Gasteiger partial charge in [0, 0.05) is 12.0 Å². The maximum absolute atomic E-state index is 11.8. The van der Waals surface area contributed by atoms with E-state index in [0.29, 0.717) is 6.42 Å². The summed E-state index contributed by atoms with van der Waals surface area (Å²) in [6.07, 6.45) is 4.20. The Morgan fingerprint density at radius 2 is 2.12 bits per heavy atom. The van der Waals surface area contributed by atoms with E-state index >= 15 is 0 Å². The molecule has 0 saturated heterocycles. The van der Waals surface area contributed by atoms with Crippen LogP contribution in [-0.4, -0.2) is 23.0 Å². The average molecular weight is 227 g/mol. The summed E-state index contributed by atoms with van der Waals surface area (Å²) in [5.74, 6) is -1.19. The van der Waals surface area contributed by atoms with Crippen molar-refractivity contribution in [2.75, 3.05) is 0 Å². The molecule has 3 unspecified atom stereocenters. The molecular weight excluding hydrogens is 206 g/mol. The molecule has 0 aliphatic heterocycles. The minimum Gasteiger partial charge on any atom is -0.481 e. The average Bonchev–Trinajstić information content (AvgIpc) is 2.66. The van der Waals surface area contributed by atoms with Crippen molar-refractivity contribution in [1.29, 1.82) is 0 Å². The van der Waals surface area contributed by atoms with Crippen LogP contribution in [0.25, 0.3) is 0 Å². The van der Waals surface area contributed by atoms with Crippen molar-refractivity contribution in [1.82, 2.24) is 5.32 Å². The number of amides is 1. The van der Waals surface area contributed by atoms with Crippen molar-refractivity contribution in [2.45, 2.75) is 52.0 Å². The van der Waals surface area contributed by atoms with E-state index in [0.717, 1.165) is 25.7 Å². The van der Waals surface area contributed by atoms with Gasteiger partial charge in [-0.1, -0.05) is 26.7 Å². The largest absolute Gasteiger partial charge is 0.481 e. The van der Waals surface area contributed by atoms with Gasteiger partial charge in [0.15, 0.2) is 0 Å². The van der Waals surface area contributed by atoms with E-state index in [1.165, 1.54) is 0 Å². The molecule has 4 nitrogen and oxygen atoms in total. The molecular formula is C12H21NO3. The molecule has 1 amide bonds. The molecule has 1 saturated carbocycles. The fourth-order valence-corrected chi connectivity index (χ4v) is 2.32. The van der Waals surface area contributed by atoms with Crippen molar-refractivity contribution in [3.8, 4) is 0 Å². The van der Waals surface area contributed by atoms with Gasteiger partial charge < -0.3 is 10.4 Å². The van der Waals surface area contributed by atoms with Crippen LogP contribution in [0.2, 0.25) is 0 Å². The highest BCUT2D eigenvalue weighted by Crippen LogP contribution is 2.26. The minimum atomic E-state index is -0.786. The summed E-state index contributed by atoms with van der Waals surface area (Å²) in [4.78, 5) is 22.7. The Balaban J connectivity index is 2.47. The van der Waals surface area contributed by atoms with E-state index in [9.17, 15) is 9.59 Å². The SMILES string of the molecule is CCCC(C)C(=O)NC1CCCC1C(=O)O. The maximum atomic E-state index is 11.8. The third kappa shape index (κ3) is 3.22. The van der Waals surface area contributed by atoms with Crippen molar-refractivity contribution in [3.63, 3.8) is 0 Å². The number of hydrogen-bond donors (Lipinski definition) is 2. The first kappa shape index (κ1) is 13.0. The number of nitrogens with one attached hydrogen (secondary N) is 1. The van der Waals surface area contributed by atoms with Gasteiger partial charge in [-0.3, -0.25) is 9.59 Å². The second-order valence-corrected chi connectivity index (χ2v) is 4.68. The zero-order chi connectivity index (χ0) is 12.1. The second-order valence-electron chi connectivity index (χ2n) is 4.68. The Morgan fingerprint density at radius 1 is 1.44 bits per heavy atom. The number of carbonyl (C=O) groups is 2. The zero-order valence-electron chi connectivity index (χ0n) is 10.0. The number of aliphatic carboxylic acids is 1. The normalized spacial score (nSPS) is 26.4. The first-order valence-corrected chi connectivity index (χ1v) is 6.09. The second kappa shape index (κ2) is 5.87.